The van der Waals surface area contributed by atoms with Crippen LogP contribution in [-0.4, -0.2) is 101 Å². The van der Waals surface area contributed by atoms with Crippen molar-refractivity contribution in [2.75, 3.05) is 6.61 Å². The van der Waals surface area contributed by atoms with Crippen LogP contribution in [0.4, 0.5) is 4.79 Å². The minimum absolute atomic E-state index is 0.137. The number of esters is 2. The third-order valence-corrected chi connectivity index (χ3v) is 13.3. The summed E-state index contributed by atoms with van der Waals surface area (Å²) in [7, 11) is 1.54. The number of hydrogen-bond donors (Lipinski definition) is 4. The fourth-order valence-corrected chi connectivity index (χ4v) is 9.95. The number of alkyl carbamates (subject to hydrolysis) is 1. The molecule has 1 saturated heterocycles. The molecular weight excluding hydrogens is 757 g/mol. The third kappa shape index (κ3) is 7.87. The number of nitrogens with one attached hydrogen (secondary N) is 1. The highest BCUT2D eigenvalue weighted by Gasteiger charge is 2.75. The van der Waals surface area contributed by atoms with E-state index >= 15 is 4.79 Å². The predicted octanol–water partition coefficient (Wildman–Crippen LogP) is 5.44. The Morgan fingerprint density at radius 3 is 2.20 bits per heavy atom. The van der Waals surface area contributed by atoms with Gasteiger partial charge in [-0.25, -0.2) is 14.4 Å². The lowest BCUT2D eigenvalue weighted by Crippen LogP contribution is -2.77. The fourth-order valence-electron chi connectivity index (χ4n) is 9.95. The smallest absolute Gasteiger partial charge is 0.408 e. The minimum atomic E-state index is -2.09. The molecule has 3 fully saturated rings. The summed E-state index contributed by atoms with van der Waals surface area (Å²) in [5, 5.41) is 40.0. The molecule has 11 atom stereocenters. The molecule has 14 heteroatoms. The molecule has 1 heterocycles. The number of rotatable bonds is 11. The minimum Gasteiger partial charge on any atom is -0.456 e. The molecule has 2 saturated carbocycles. The fraction of sp³-hybridized carbons (Fsp3) is 0.600. The summed E-state index contributed by atoms with van der Waals surface area (Å²) in [4.78, 5) is 57.0. The van der Waals surface area contributed by atoms with Crippen LogP contribution >= 0.6 is 0 Å². The van der Waals surface area contributed by atoms with E-state index < -0.39 is 99.8 Å². The van der Waals surface area contributed by atoms with Crippen LogP contribution in [0.15, 0.2) is 71.8 Å². The number of aliphatic hydroxyl groups excluding tert-OH is 2. The van der Waals surface area contributed by atoms with E-state index in [1.165, 1.54) is 0 Å². The maximum Gasteiger partial charge on any atom is 0.408 e. The Morgan fingerprint density at radius 2 is 1.63 bits per heavy atom. The van der Waals surface area contributed by atoms with E-state index in [1.807, 2.05) is 13.8 Å². The molecule has 0 aromatic heterocycles. The van der Waals surface area contributed by atoms with Crippen LogP contribution in [0.5, 0.6) is 0 Å². The Morgan fingerprint density at radius 1 is 1.00 bits per heavy atom. The van der Waals surface area contributed by atoms with Gasteiger partial charge in [-0.1, -0.05) is 89.0 Å². The number of carbonyl (C=O) groups is 4. The van der Waals surface area contributed by atoms with Crippen LogP contribution in [0.25, 0.3) is 0 Å². The van der Waals surface area contributed by atoms with Gasteiger partial charge in [-0.2, -0.15) is 0 Å². The van der Waals surface area contributed by atoms with Gasteiger partial charge in [-0.05, 0) is 63.5 Å². The van der Waals surface area contributed by atoms with E-state index in [-0.39, 0.29) is 25.0 Å². The summed E-state index contributed by atoms with van der Waals surface area (Å²) in [5.41, 5.74) is -5.54. The van der Waals surface area contributed by atoms with Gasteiger partial charge in [-0.3, -0.25) is 4.79 Å². The Labute approximate surface area is 347 Å². The second-order valence-electron chi connectivity index (χ2n) is 18.6. The van der Waals surface area contributed by atoms with Gasteiger partial charge >= 0.3 is 18.0 Å². The van der Waals surface area contributed by atoms with Gasteiger partial charge in [-0.15, -0.1) is 0 Å². The van der Waals surface area contributed by atoms with Gasteiger partial charge in [0.25, 0.3) is 7.48 Å². The SMILES string of the molecule is CCC[B]O[C@H]1C(=O)[C@]2(C)C(O)C[C@H]3OC[C@@]3(C)[C@H]2[C@H](OC(=O)c2ccccc2)[C@]2(O)C[C@H](OC(=O)[C@H](O)[C@@H](NC(=O)OC(C)(C)C)c3ccccc3)C(C)=C1C2(C)C. The summed E-state index contributed by atoms with van der Waals surface area (Å²) < 4.78 is 30.5. The van der Waals surface area contributed by atoms with Gasteiger partial charge < -0.3 is 44.2 Å². The highest BCUT2D eigenvalue weighted by atomic mass is 16.6. The van der Waals surface area contributed by atoms with Crippen molar-refractivity contribution in [3.8, 4) is 0 Å². The average molecular weight is 817 g/mol. The number of hydrogen-bond acceptors (Lipinski definition) is 12. The highest BCUT2D eigenvalue weighted by Crippen LogP contribution is 2.66. The Bertz CT molecular complexity index is 1930. The summed E-state index contributed by atoms with van der Waals surface area (Å²) in [5.74, 6) is -3.37. The Balaban J connectivity index is 1.49. The molecule has 1 amide bonds. The number of ketones is 1. The van der Waals surface area contributed by atoms with Crippen LogP contribution in [0, 0.1) is 22.2 Å². The second kappa shape index (κ2) is 16.4. The van der Waals surface area contributed by atoms with E-state index in [1.54, 1.807) is 117 Å². The first-order valence-electron chi connectivity index (χ1n) is 20.6. The molecule has 13 nitrogen and oxygen atoms in total. The van der Waals surface area contributed by atoms with Crippen molar-refractivity contribution in [2.45, 2.75) is 142 Å². The predicted molar refractivity (Wildman–Crippen MR) is 217 cm³/mol. The maximum atomic E-state index is 15.5. The van der Waals surface area contributed by atoms with Crippen molar-refractivity contribution in [1.82, 2.24) is 5.32 Å². The van der Waals surface area contributed by atoms with E-state index in [0.717, 1.165) is 0 Å². The molecule has 319 valence electrons. The van der Waals surface area contributed by atoms with Gasteiger partial charge in [0.2, 0.25) is 0 Å². The van der Waals surface area contributed by atoms with E-state index in [4.69, 9.17) is 23.6 Å². The third-order valence-electron chi connectivity index (χ3n) is 13.3. The normalized spacial score (nSPS) is 33.4. The molecule has 3 aliphatic carbocycles. The van der Waals surface area contributed by atoms with Crippen molar-refractivity contribution in [3.05, 3.63) is 82.9 Å². The topological polar surface area (TPSA) is 187 Å². The average Bonchev–Trinajstić information content (AvgIpc) is 3.18. The van der Waals surface area contributed by atoms with E-state index in [2.05, 4.69) is 5.32 Å². The standard InChI is InChI=1S/C45H59BNO12/c1-10-21-46-59-34-31-25(2)28(56-39(52)33(49)32(26-17-13-11-14-18-26)47-40(53)58-41(3,4)5)23-45(54,42(31,6)7)37(57-38(51)27-19-15-12-16-20-27)35-43(8)24-55-30(43)22-29(48)44(35,9)36(34)50/h11-20,28-30,32-35,37,48-49,54H,10,21-24H2,1-9H3,(H,47,53)/t28-,29?,30+,32-,33+,34+,35+,37-,43+,44+,45+/m0/s1. The van der Waals surface area contributed by atoms with Crippen LogP contribution in [0.1, 0.15) is 104 Å². The summed E-state index contributed by atoms with van der Waals surface area (Å²) in [6.07, 6.45) is -7.72. The number of amides is 1. The zero-order valence-electron chi connectivity index (χ0n) is 35.5. The molecule has 2 bridgehead atoms. The number of ether oxygens (including phenoxy) is 4. The van der Waals surface area contributed by atoms with Crippen molar-refractivity contribution in [1.29, 1.82) is 0 Å². The summed E-state index contributed by atoms with van der Waals surface area (Å²) >= 11 is 0. The molecule has 1 radical (unpaired) electrons. The maximum absolute atomic E-state index is 15.5. The lowest BCUT2D eigenvalue weighted by atomic mass is 9.42. The molecule has 59 heavy (non-hydrogen) atoms. The molecule has 0 spiro atoms. The number of fused-ring (bicyclic) bond motifs is 5. The van der Waals surface area contributed by atoms with Crippen molar-refractivity contribution < 1.29 is 58.1 Å². The molecule has 6 rings (SSSR count). The molecule has 4 aliphatic rings. The van der Waals surface area contributed by atoms with Crippen LogP contribution < -0.4 is 5.32 Å². The Kier molecular flexibility index (Phi) is 12.4. The Hall–Kier alpha value is -4.08. The van der Waals surface area contributed by atoms with Crippen molar-refractivity contribution >= 4 is 31.3 Å². The quantitative estimate of drug-likeness (QED) is 0.0742. The van der Waals surface area contributed by atoms with Gasteiger partial charge in [0, 0.05) is 29.6 Å². The molecule has 1 unspecified atom stereocenters. The van der Waals surface area contributed by atoms with Crippen LogP contribution in [0.3, 0.4) is 0 Å². The molecule has 1 aliphatic heterocycles. The number of benzene rings is 2. The lowest BCUT2D eigenvalue weighted by Gasteiger charge is -2.68. The highest BCUT2D eigenvalue weighted by molar-refractivity contribution is 6.27. The van der Waals surface area contributed by atoms with Gasteiger partial charge in [0.1, 0.15) is 29.5 Å². The zero-order valence-corrected chi connectivity index (χ0v) is 35.5. The van der Waals surface area contributed by atoms with Gasteiger partial charge in [0.15, 0.2) is 11.9 Å². The first kappa shape index (κ1) is 44.5. The monoisotopic (exact) mass is 816 g/mol. The largest absolute Gasteiger partial charge is 0.456 e. The molecule has 4 N–H and O–H groups in total. The summed E-state index contributed by atoms with van der Waals surface area (Å²) in [6.45, 7) is 15.9. The molecule has 2 aromatic carbocycles. The lowest BCUT2D eigenvalue weighted by molar-refractivity contribution is -0.313. The first-order chi connectivity index (χ1) is 27.6. The van der Waals surface area contributed by atoms with Gasteiger partial charge in [0.05, 0.1) is 35.8 Å². The second-order valence-corrected chi connectivity index (χ2v) is 18.6. The van der Waals surface area contributed by atoms with Crippen LogP contribution in [0.2, 0.25) is 6.32 Å². The van der Waals surface area contributed by atoms with E-state index in [9.17, 15) is 29.7 Å². The van der Waals surface area contributed by atoms with Crippen molar-refractivity contribution in [2.24, 2.45) is 22.2 Å². The molecule has 2 aromatic rings. The van der Waals surface area contributed by atoms with Crippen molar-refractivity contribution in [3.63, 3.8) is 0 Å². The first-order valence-corrected chi connectivity index (χ1v) is 20.6. The zero-order chi connectivity index (χ0) is 43.3. The number of aliphatic hydroxyl groups is 3. The number of Topliss-reactive ketones (excluding diaryl/α,β-unsaturated/α-hetero) is 1. The van der Waals surface area contributed by atoms with Crippen LogP contribution in [-0.2, 0) is 33.2 Å². The number of carbonyl (C=O) groups excluding carboxylic acids is 4. The molecular formula is C45H59BNO12. The van der Waals surface area contributed by atoms with E-state index in [0.29, 0.717) is 29.5 Å². The summed E-state index contributed by atoms with van der Waals surface area (Å²) in [6, 6.07) is 15.4.